The third kappa shape index (κ3) is 14.7. The zero-order chi connectivity index (χ0) is 56.4. The average molecular weight is 1130 g/mol. The lowest BCUT2D eigenvalue weighted by Gasteiger charge is -2.30. The van der Waals surface area contributed by atoms with E-state index in [1.54, 1.807) is 6.07 Å². The number of aromatic nitrogens is 2. The SMILES string of the molecule is C.N[C@H](CN1CCCC1)[C@H](O)c1cc(F)c2c(c1)OCCO2.O=C(N[C@H](CN1CCCC1)[C@H](O)c1cc(F)c2c(c1)OCCO2)C(F)(F)c1ccc(-c2ccc(F)cn2)cc1.O=C(O)C(F)(F)c1ccc(-c2ccc(F)cn2)cc1. The molecule has 4 aliphatic heterocycles. The molecule has 0 unspecified atom stereocenters. The lowest BCUT2D eigenvalue weighted by Crippen LogP contribution is -2.51. The number of likely N-dealkylation sites (tertiary alicyclic amines) is 2. The van der Waals surface area contributed by atoms with Gasteiger partial charge in [-0.1, -0.05) is 56.0 Å². The Morgan fingerprint density at radius 2 is 1.00 bits per heavy atom. The molecule has 428 valence electrons. The number of nitrogens with zero attached hydrogens (tertiary/aromatic N) is 4. The van der Waals surface area contributed by atoms with Gasteiger partial charge in [0.2, 0.25) is 0 Å². The fraction of sp³-hybridized carbons (Fsp3) is 0.368. The molecule has 2 saturated heterocycles. The van der Waals surface area contributed by atoms with Crippen molar-refractivity contribution in [2.24, 2.45) is 5.73 Å². The highest BCUT2D eigenvalue weighted by molar-refractivity contribution is 5.85. The van der Waals surface area contributed by atoms with E-state index < -0.39 is 82.4 Å². The van der Waals surface area contributed by atoms with Gasteiger partial charge in [-0.2, -0.15) is 17.6 Å². The Balaban J connectivity index is 0.000000190. The van der Waals surface area contributed by atoms with Crippen LogP contribution >= 0.6 is 0 Å². The normalized spacial score (nSPS) is 16.6. The van der Waals surface area contributed by atoms with Gasteiger partial charge < -0.3 is 55.1 Å². The number of fused-ring (bicyclic) bond motifs is 2. The summed E-state index contributed by atoms with van der Waals surface area (Å²) in [5, 5.41) is 32.2. The standard InChI is InChI=1S/C28H27F4N3O4.C15H21FN2O3.C13H8F3NO2.CH4/c29-20-7-8-22(33-15-20)17-3-5-19(6-4-17)28(31,32)27(37)34-23(16-35-9-1-2-10-35)25(36)18-13-21(30)26-24(14-18)38-11-12-39-26;16-11-7-10(8-13-15(11)21-6-5-20-13)14(19)12(17)9-18-3-1-2-4-18;14-10-5-6-11(17-7-10)8-1-3-9(4-2-8)13(15,16)12(18)19;/h3-8,13-15,23,25,36H,1-2,9-12,16H2,(H,34,37);7-8,12,14,19H,1-6,9,17H2;1-7H,(H,18,19);1H4/t23-,25-;12-,14-;;/m11../s1. The number of aliphatic hydroxyl groups excluding tert-OH is 2. The Bertz CT molecular complexity index is 3030. The summed E-state index contributed by atoms with van der Waals surface area (Å²) in [5.74, 6) is -13.5. The van der Waals surface area contributed by atoms with Gasteiger partial charge in [0.25, 0.3) is 5.91 Å². The molecular formula is C57H60F8N6O9. The van der Waals surface area contributed by atoms with Crippen LogP contribution < -0.4 is 30.0 Å². The zero-order valence-corrected chi connectivity index (χ0v) is 42.3. The molecule has 6 aromatic rings. The van der Waals surface area contributed by atoms with Crippen LogP contribution in [0.25, 0.3) is 22.5 Å². The molecule has 4 atom stereocenters. The first kappa shape index (κ1) is 60.2. The second kappa shape index (κ2) is 26.7. The molecule has 15 nitrogen and oxygen atoms in total. The number of carboxylic acid groups (broad SMARTS) is 1. The summed E-state index contributed by atoms with van der Waals surface area (Å²) in [4.78, 5) is 35.2. The Hall–Kier alpha value is -7.44. The van der Waals surface area contributed by atoms with Gasteiger partial charge in [-0.3, -0.25) is 14.8 Å². The predicted molar refractivity (Wildman–Crippen MR) is 277 cm³/mol. The maximum absolute atomic E-state index is 15.3. The zero-order valence-electron chi connectivity index (χ0n) is 42.3. The van der Waals surface area contributed by atoms with Gasteiger partial charge in [0.15, 0.2) is 34.6 Å². The monoisotopic (exact) mass is 1120 g/mol. The van der Waals surface area contributed by atoms with Gasteiger partial charge in [0.1, 0.15) is 44.2 Å². The maximum Gasteiger partial charge on any atom is 0.379 e. The number of nitrogens with two attached hydrogens (primary N) is 1. The minimum absolute atomic E-state index is 0. The van der Waals surface area contributed by atoms with Crippen molar-refractivity contribution < 1.29 is 79.0 Å². The Kier molecular flexibility index (Phi) is 20.1. The fourth-order valence-corrected chi connectivity index (χ4v) is 9.22. The number of nitrogens with one attached hydrogen (secondary N) is 1. The number of aliphatic carboxylic acids is 1. The summed E-state index contributed by atoms with van der Waals surface area (Å²) >= 11 is 0. The molecule has 4 aliphatic rings. The van der Waals surface area contributed by atoms with Crippen molar-refractivity contribution in [3.63, 3.8) is 0 Å². The number of hydrogen-bond donors (Lipinski definition) is 5. The van der Waals surface area contributed by atoms with Crippen molar-refractivity contribution in [1.29, 1.82) is 0 Å². The molecule has 2 aromatic heterocycles. The van der Waals surface area contributed by atoms with E-state index in [1.165, 1.54) is 73.5 Å². The molecule has 2 fully saturated rings. The summed E-state index contributed by atoms with van der Waals surface area (Å²) < 4.78 is 133. The number of benzene rings is 4. The smallest absolute Gasteiger partial charge is 0.379 e. The lowest BCUT2D eigenvalue weighted by molar-refractivity contribution is -0.166. The van der Waals surface area contributed by atoms with E-state index in [-0.39, 0.29) is 50.0 Å². The number of carbonyl (C=O) groups is 2. The van der Waals surface area contributed by atoms with Crippen LogP contribution in [0.2, 0.25) is 0 Å². The molecule has 80 heavy (non-hydrogen) atoms. The molecule has 0 bridgehead atoms. The number of alkyl halides is 4. The van der Waals surface area contributed by atoms with Crippen molar-refractivity contribution in [2.75, 3.05) is 65.7 Å². The summed E-state index contributed by atoms with van der Waals surface area (Å²) in [6.45, 7) is 5.18. The van der Waals surface area contributed by atoms with Crippen LogP contribution in [0.5, 0.6) is 23.0 Å². The number of halogens is 8. The van der Waals surface area contributed by atoms with E-state index in [1.807, 2.05) is 4.90 Å². The molecule has 0 spiro atoms. The topological polar surface area (TPSA) is 202 Å². The lowest BCUT2D eigenvalue weighted by atomic mass is 9.99. The first-order chi connectivity index (χ1) is 37.8. The van der Waals surface area contributed by atoms with Crippen LogP contribution in [0.15, 0.2) is 109 Å². The minimum atomic E-state index is -3.94. The first-order valence-corrected chi connectivity index (χ1v) is 25.3. The van der Waals surface area contributed by atoms with Crippen molar-refractivity contribution in [2.45, 2.75) is 69.2 Å². The molecule has 4 aromatic carbocycles. The van der Waals surface area contributed by atoms with E-state index in [4.69, 9.17) is 29.8 Å². The number of pyridine rings is 2. The van der Waals surface area contributed by atoms with E-state index in [0.29, 0.717) is 66.7 Å². The largest absolute Gasteiger partial charge is 0.486 e. The van der Waals surface area contributed by atoms with Gasteiger partial charge in [-0.15, -0.1) is 0 Å². The minimum Gasteiger partial charge on any atom is -0.486 e. The molecule has 10 rings (SSSR count). The molecule has 1 amide bonds. The summed E-state index contributed by atoms with van der Waals surface area (Å²) in [6.07, 6.45) is 3.75. The molecule has 6 N–H and O–H groups in total. The molecule has 0 radical (unpaired) electrons. The van der Waals surface area contributed by atoms with E-state index in [0.717, 1.165) is 68.7 Å². The summed E-state index contributed by atoms with van der Waals surface area (Å²) in [7, 11) is 0. The van der Waals surface area contributed by atoms with Crippen LogP contribution in [-0.2, 0) is 21.4 Å². The number of amides is 1. The fourth-order valence-electron chi connectivity index (χ4n) is 9.22. The van der Waals surface area contributed by atoms with Gasteiger partial charge >= 0.3 is 17.8 Å². The quantitative estimate of drug-likeness (QED) is 0.0610. The number of carbonyl (C=O) groups excluding carboxylic acids is 1. The van der Waals surface area contributed by atoms with Crippen molar-refractivity contribution >= 4 is 11.9 Å². The van der Waals surface area contributed by atoms with Crippen LogP contribution in [0.3, 0.4) is 0 Å². The highest BCUT2D eigenvalue weighted by atomic mass is 19.3. The van der Waals surface area contributed by atoms with Crippen LogP contribution in [0.4, 0.5) is 35.1 Å². The average Bonchev–Trinajstić information content (AvgIpc) is 4.21. The number of ether oxygens (including phenoxy) is 4. The molecule has 0 saturated carbocycles. The van der Waals surface area contributed by atoms with Crippen molar-refractivity contribution in [3.05, 3.63) is 155 Å². The van der Waals surface area contributed by atoms with Crippen LogP contribution in [0.1, 0.15) is 67.6 Å². The molecule has 0 aliphatic carbocycles. The van der Waals surface area contributed by atoms with E-state index in [9.17, 15) is 46.1 Å². The Morgan fingerprint density at radius 1 is 0.588 bits per heavy atom. The van der Waals surface area contributed by atoms with Gasteiger partial charge in [0, 0.05) is 41.4 Å². The molecule has 23 heteroatoms. The predicted octanol–water partition coefficient (Wildman–Crippen LogP) is 8.96. The number of aliphatic hydroxyl groups is 2. The third-order valence-corrected chi connectivity index (χ3v) is 13.4. The van der Waals surface area contributed by atoms with Crippen LogP contribution in [-0.4, -0.2) is 125 Å². The molecular weight excluding hydrogens is 1060 g/mol. The van der Waals surface area contributed by atoms with Crippen LogP contribution in [0, 0.1) is 23.3 Å². The Labute approximate surface area is 455 Å². The Morgan fingerprint density at radius 3 is 1.43 bits per heavy atom. The third-order valence-electron chi connectivity index (χ3n) is 13.4. The number of carboxylic acids is 1. The van der Waals surface area contributed by atoms with E-state index >= 15 is 8.78 Å². The summed E-state index contributed by atoms with van der Waals surface area (Å²) in [6, 6.07) is 18.5. The van der Waals surface area contributed by atoms with Gasteiger partial charge in [0.05, 0.1) is 35.9 Å². The van der Waals surface area contributed by atoms with Crippen molar-refractivity contribution in [1.82, 2.24) is 25.1 Å². The number of rotatable bonds is 15. The summed E-state index contributed by atoms with van der Waals surface area (Å²) in [5.41, 5.74) is 7.14. The second-order valence-electron chi connectivity index (χ2n) is 19.0. The van der Waals surface area contributed by atoms with Crippen molar-refractivity contribution in [3.8, 4) is 45.5 Å². The van der Waals surface area contributed by atoms with E-state index in [2.05, 4.69) is 20.2 Å². The first-order valence-electron chi connectivity index (χ1n) is 25.3. The van der Waals surface area contributed by atoms with Gasteiger partial charge in [-0.05, 0) is 112 Å². The molecule has 6 heterocycles. The highest BCUT2D eigenvalue weighted by Crippen LogP contribution is 2.39. The second-order valence-corrected chi connectivity index (χ2v) is 19.0. The van der Waals surface area contributed by atoms with Gasteiger partial charge in [-0.25, -0.2) is 22.4 Å². The number of hydrogen-bond acceptors (Lipinski definition) is 13. The maximum atomic E-state index is 15.3. The highest BCUT2D eigenvalue weighted by Gasteiger charge is 2.44.